The number of anilines is 1. The molecule has 1 aromatic carbocycles. The van der Waals surface area contributed by atoms with Gasteiger partial charge in [0.05, 0.1) is 4.88 Å². The highest BCUT2D eigenvalue weighted by atomic mass is 32.1. The average Bonchev–Trinajstić information content (AvgIpc) is 3.33. The highest BCUT2D eigenvalue weighted by Crippen LogP contribution is 2.46. The number of nitrogens with one attached hydrogen (secondary N) is 2. The van der Waals surface area contributed by atoms with Crippen LogP contribution in [-0.2, 0) is 4.79 Å². The number of carbonyl (C=O) groups excluding carboxylic acids is 2. The van der Waals surface area contributed by atoms with Crippen LogP contribution in [0, 0.1) is 0 Å². The molecule has 28 heavy (non-hydrogen) atoms. The van der Waals surface area contributed by atoms with Crippen molar-refractivity contribution in [3.8, 4) is 11.5 Å². The van der Waals surface area contributed by atoms with Gasteiger partial charge in [-0.05, 0) is 42.8 Å². The Morgan fingerprint density at radius 2 is 1.89 bits per heavy atom. The second kappa shape index (κ2) is 8.22. The van der Waals surface area contributed by atoms with E-state index in [1.807, 2.05) is 29.6 Å². The lowest BCUT2D eigenvalue weighted by molar-refractivity contribution is -0.116. The zero-order valence-electron chi connectivity index (χ0n) is 15.7. The minimum Gasteiger partial charge on any atom is -0.448 e. The molecule has 0 saturated heterocycles. The van der Waals surface area contributed by atoms with E-state index in [0.717, 1.165) is 31.4 Å². The standard InChI is InChI=1S/C21H24N2O4S/c24-19(7-4-12-22-20(25)18-6-5-13-28-18)23-15-8-9-16-17(14-15)27-21(26-16)10-2-1-3-11-21/h5-6,8-9,13-14H,1-4,7,10-12H2,(H,22,25)(H,23,24). The number of benzene rings is 1. The maximum Gasteiger partial charge on any atom is 0.261 e. The number of amides is 2. The number of ether oxygens (including phenoxy) is 2. The van der Waals surface area contributed by atoms with Crippen molar-refractivity contribution in [1.29, 1.82) is 0 Å². The fourth-order valence-corrected chi connectivity index (χ4v) is 4.28. The summed E-state index contributed by atoms with van der Waals surface area (Å²) in [4.78, 5) is 24.7. The van der Waals surface area contributed by atoms with Crippen LogP contribution in [0.3, 0.4) is 0 Å². The van der Waals surface area contributed by atoms with Crippen molar-refractivity contribution in [2.45, 2.75) is 50.7 Å². The molecule has 0 atom stereocenters. The van der Waals surface area contributed by atoms with E-state index in [1.54, 1.807) is 6.07 Å². The van der Waals surface area contributed by atoms with Crippen molar-refractivity contribution < 1.29 is 19.1 Å². The molecule has 2 aromatic rings. The highest BCUT2D eigenvalue weighted by Gasteiger charge is 2.42. The third-order valence-electron chi connectivity index (χ3n) is 5.05. The van der Waals surface area contributed by atoms with E-state index in [4.69, 9.17) is 9.47 Å². The monoisotopic (exact) mass is 400 g/mol. The van der Waals surface area contributed by atoms with Crippen LogP contribution in [0.15, 0.2) is 35.7 Å². The van der Waals surface area contributed by atoms with Gasteiger partial charge in [0, 0.05) is 37.6 Å². The fraction of sp³-hybridized carbons (Fsp3) is 0.429. The minimum absolute atomic E-state index is 0.0865. The summed E-state index contributed by atoms with van der Waals surface area (Å²) in [7, 11) is 0. The number of fused-ring (bicyclic) bond motifs is 1. The molecule has 1 fully saturated rings. The summed E-state index contributed by atoms with van der Waals surface area (Å²) in [6, 6.07) is 9.14. The fourth-order valence-electron chi connectivity index (χ4n) is 3.64. The molecule has 1 spiro atoms. The summed E-state index contributed by atoms with van der Waals surface area (Å²) in [6.07, 6.45) is 6.17. The Kier molecular flexibility index (Phi) is 5.52. The molecule has 0 radical (unpaired) electrons. The van der Waals surface area contributed by atoms with Crippen molar-refractivity contribution in [3.05, 3.63) is 40.6 Å². The first kappa shape index (κ1) is 18.8. The molecule has 1 saturated carbocycles. The topological polar surface area (TPSA) is 76.7 Å². The number of rotatable bonds is 6. The van der Waals surface area contributed by atoms with Gasteiger partial charge in [0.15, 0.2) is 11.5 Å². The molecule has 7 heteroatoms. The van der Waals surface area contributed by atoms with Crippen LogP contribution in [0.25, 0.3) is 0 Å². The maximum atomic E-state index is 12.2. The Morgan fingerprint density at radius 1 is 1.07 bits per heavy atom. The molecule has 1 aromatic heterocycles. The van der Waals surface area contributed by atoms with Crippen molar-refractivity contribution >= 4 is 28.8 Å². The van der Waals surface area contributed by atoms with Gasteiger partial charge >= 0.3 is 0 Å². The van der Waals surface area contributed by atoms with E-state index in [1.165, 1.54) is 17.8 Å². The highest BCUT2D eigenvalue weighted by molar-refractivity contribution is 7.12. The van der Waals surface area contributed by atoms with Crippen LogP contribution in [0.4, 0.5) is 5.69 Å². The molecular weight excluding hydrogens is 376 g/mol. The van der Waals surface area contributed by atoms with Crippen molar-refractivity contribution in [2.75, 3.05) is 11.9 Å². The molecule has 1 aliphatic heterocycles. The lowest BCUT2D eigenvalue weighted by atomic mass is 9.94. The van der Waals surface area contributed by atoms with Crippen LogP contribution in [0.5, 0.6) is 11.5 Å². The number of hydrogen-bond acceptors (Lipinski definition) is 5. The Hall–Kier alpha value is -2.54. The molecule has 2 heterocycles. The first-order chi connectivity index (χ1) is 13.6. The molecule has 1 aliphatic carbocycles. The molecule has 6 nitrogen and oxygen atoms in total. The summed E-state index contributed by atoms with van der Waals surface area (Å²) in [5.74, 6) is 0.753. The lowest BCUT2D eigenvalue weighted by Gasteiger charge is -2.31. The van der Waals surface area contributed by atoms with E-state index in [2.05, 4.69) is 10.6 Å². The molecule has 2 aliphatic rings. The molecule has 4 rings (SSSR count). The van der Waals surface area contributed by atoms with Gasteiger partial charge in [-0.2, -0.15) is 0 Å². The smallest absolute Gasteiger partial charge is 0.261 e. The summed E-state index contributed by atoms with van der Waals surface area (Å²) >= 11 is 1.40. The third-order valence-corrected chi connectivity index (χ3v) is 5.91. The maximum absolute atomic E-state index is 12.2. The van der Waals surface area contributed by atoms with Crippen LogP contribution < -0.4 is 20.1 Å². The summed E-state index contributed by atoms with van der Waals surface area (Å²) in [6.45, 7) is 0.466. The Morgan fingerprint density at radius 3 is 2.68 bits per heavy atom. The van der Waals surface area contributed by atoms with E-state index < -0.39 is 5.79 Å². The second-order valence-electron chi connectivity index (χ2n) is 7.22. The third kappa shape index (κ3) is 4.30. The first-order valence-corrected chi connectivity index (χ1v) is 10.7. The first-order valence-electron chi connectivity index (χ1n) is 9.77. The van der Waals surface area contributed by atoms with Gasteiger partial charge in [-0.15, -0.1) is 11.3 Å². The molecule has 2 N–H and O–H groups in total. The second-order valence-corrected chi connectivity index (χ2v) is 8.17. The number of thiophene rings is 1. The molecule has 2 amide bonds. The van der Waals surface area contributed by atoms with E-state index >= 15 is 0 Å². The largest absolute Gasteiger partial charge is 0.448 e. The molecule has 148 valence electrons. The van der Waals surface area contributed by atoms with Gasteiger partial charge in [-0.25, -0.2) is 0 Å². The quantitative estimate of drug-likeness (QED) is 0.708. The van der Waals surface area contributed by atoms with Gasteiger partial charge in [0.1, 0.15) is 0 Å². The zero-order chi connectivity index (χ0) is 19.4. The predicted molar refractivity (Wildman–Crippen MR) is 108 cm³/mol. The lowest BCUT2D eigenvalue weighted by Crippen LogP contribution is -2.40. The number of hydrogen-bond donors (Lipinski definition) is 2. The van der Waals surface area contributed by atoms with Crippen LogP contribution in [-0.4, -0.2) is 24.1 Å². The SMILES string of the molecule is O=C(CCCNC(=O)c1cccs1)Nc1ccc2c(c1)OC1(CCCCC1)O2. The van der Waals surface area contributed by atoms with Crippen LogP contribution in [0.1, 0.15) is 54.6 Å². The van der Waals surface area contributed by atoms with Crippen molar-refractivity contribution in [3.63, 3.8) is 0 Å². The average molecular weight is 401 g/mol. The Labute approximate surface area is 168 Å². The van der Waals surface area contributed by atoms with Gasteiger partial charge in [-0.1, -0.05) is 12.5 Å². The summed E-state index contributed by atoms with van der Waals surface area (Å²) in [5.41, 5.74) is 0.697. The molecule has 0 bridgehead atoms. The van der Waals surface area contributed by atoms with Gasteiger partial charge in [0.25, 0.3) is 11.7 Å². The summed E-state index contributed by atoms with van der Waals surface area (Å²) < 4.78 is 12.2. The van der Waals surface area contributed by atoms with Crippen molar-refractivity contribution in [1.82, 2.24) is 5.32 Å². The van der Waals surface area contributed by atoms with Gasteiger partial charge in [0.2, 0.25) is 5.91 Å². The minimum atomic E-state index is -0.510. The predicted octanol–water partition coefficient (Wildman–Crippen LogP) is 4.33. The Balaban J connectivity index is 1.23. The number of carbonyl (C=O) groups is 2. The summed E-state index contributed by atoms with van der Waals surface area (Å²) in [5, 5.41) is 7.58. The zero-order valence-corrected chi connectivity index (χ0v) is 16.5. The molecular formula is C21H24N2O4S. The van der Waals surface area contributed by atoms with Crippen molar-refractivity contribution in [2.24, 2.45) is 0 Å². The Bertz CT molecular complexity index is 844. The molecule has 0 unspecified atom stereocenters. The van der Waals surface area contributed by atoms with Gasteiger partial charge in [-0.3, -0.25) is 9.59 Å². The van der Waals surface area contributed by atoms with E-state index in [0.29, 0.717) is 35.7 Å². The van der Waals surface area contributed by atoms with E-state index in [-0.39, 0.29) is 11.8 Å². The normalized spacial score (nSPS) is 16.7. The van der Waals surface area contributed by atoms with Crippen LogP contribution in [0.2, 0.25) is 0 Å². The van der Waals surface area contributed by atoms with Gasteiger partial charge < -0.3 is 20.1 Å². The van der Waals surface area contributed by atoms with Crippen LogP contribution >= 0.6 is 11.3 Å². The van der Waals surface area contributed by atoms with E-state index in [9.17, 15) is 9.59 Å².